The quantitative estimate of drug-likeness (QED) is 0.453. The van der Waals surface area contributed by atoms with Crippen molar-refractivity contribution in [3.63, 3.8) is 0 Å². The van der Waals surface area contributed by atoms with Crippen molar-refractivity contribution in [3.05, 3.63) is 45.5 Å². The Kier molecular flexibility index (Phi) is 4.50. The molecule has 0 atom stereocenters. The van der Waals surface area contributed by atoms with Crippen LogP contribution in [0.25, 0.3) is 6.08 Å². The van der Waals surface area contributed by atoms with Crippen LogP contribution in [0.4, 0.5) is 5.69 Å². The number of halogens is 1. The second kappa shape index (κ2) is 5.66. The highest BCUT2D eigenvalue weighted by Crippen LogP contribution is 2.27. The monoisotopic (exact) mass is 239 g/mol. The van der Waals surface area contributed by atoms with Gasteiger partial charge in [-0.1, -0.05) is 38.1 Å². The van der Waals surface area contributed by atoms with Crippen molar-refractivity contribution < 1.29 is 4.92 Å². The summed E-state index contributed by atoms with van der Waals surface area (Å²) in [6.45, 7) is 3.88. The van der Waals surface area contributed by atoms with Crippen LogP contribution in [0, 0.1) is 10.1 Å². The number of hydrogen-bond donors (Lipinski definition) is 0. The molecule has 1 aromatic carbocycles. The standard InChI is InChI=1S/C12H14ClNO2/c1-9(2)11-6-5-10(4-3-7-13)8-12(11)14(15)16/h3-6,8-9H,7H2,1-2H3. The zero-order valence-corrected chi connectivity index (χ0v) is 10.1. The lowest BCUT2D eigenvalue weighted by molar-refractivity contribution is -0.385. The van der Waals surface area contributed by atoms with Crippen LogP contribution >= 0.6 is 11.6 Å². The van der Waals surface area contributed by atoms with Crippen LogP contribution in [-0.2, 0) is 0 Å². The Morgan fingerprint density at radius 1 is 1.50 bits per heavy atom. The molecule has 0 aliphatic carbocycles. The minimum atomic E-state index is -0.340. The molecule has 0 amide bonds. The number of benzene rings is 1. The second-order valence-electron chi connectivity index (χ2n) is 3.79. The number of rotatable bonds is 4. The van der Waals surface area contributed by atoms with Crippen molar-refractivity contribution in [1.82, 2.24) is 0 Å². The van der Waals surface area contributed by atoms with E-state index in [1.165, 1.54) is 0 Å². The van der Waals surface area contributed by atoms with Crippen LogP contribution in [0.15, 0.2) is 24.3 Å². The molecule has 0 bridgehead atoms. The second-order valence-corrected chi connectivity index (χ2v) is 4.10. The molecule has 0 saturated carbocycles. The number of nitro benzene ring substituents is 1. The Bertz CT molecular complexity index is 413. The third-order valence-corrected chi connectivity index (χ3v) is 2.45. The Hall–Kier alpha value is -1.35. The molecule has 0 aromatic heterocycles. The number of nitrogens with zero attached hydrogens (tertiary/aromatic N) is 1. The highest BCUT2D eigenvalue weighted by molar-refractivity contribution is 6.19. The van der Waals surface area contributed by atoms with E-state index in [9.17, 15) is 10.1 Å². The molecule has 0 aliphatic rings. The number of allylic oxidation sites excluding steroid dienone is 1. The molecule has 0 unspecified atom stereocenters. The lowest BCUT2D eigenvalue weighted by Crippen LogP contribution is -1.97. The molecular weight excluding hydrogens is 226 g/mol. The molecule has 0 saturated heterocycles. The van der Waals surface area contributed by atoms with Crippen molar-refractivity contribution in [2.45, 2.75) is 19.8 Å². The topological polar surface area (TPSA) is 43.1 Å². The number of hydrogen-bond acceptors (Lipinski definition) is 2. The molecule has 0 N–H and O–H groups in total. The van der Waals surface area contributed by atoms with Crippen LogP contribution < -0.4 is 0 Å². The van der Waals surface area contributed by atoms with E-state index in [1.54, 1.807) is 24.3 Å². The summed E-state index contributed by atoms with van der Waals surface area (Å²) in [6.07, 6.45) is 3.54. The summed E-state index contributed by atoms with van der Waals surface area (Å²) in [5.74, 6) is 0.547. The van der Waals surface area contributed by atoms with E-state index in [0.717, 1.165) is 11.1 Å². The third kappa shape index (κ3) is 3.07. The number of alkyl halides is 1. The highest BCUT2D eigenvalue weighted by atomic mass is 35.5. The summed E-state index contributed by atoms with van der Waals surface area (Å²) < 4.78 is 0. The van der Waals surface area contributed by atoms with E-state index in [0.29, 0.717) is 5.88 Å². The smallest absolute Gasteiger partial charge is 0.258 e. The summed E-state index contributed by atoms with van der Waals surface area (Å²) in [4.78, 5) is 10.6. The van der Waals surface area contributed by atoms with Crippen LogP contribution in [-0.4, -0.2) is 10.8 Å². The average Bonchev–Trinajstić information content (AvgIpc) is 2.25. The summed E-state index contributed by atoms with van der Waals surface area (Å²) >= 11 is 5.51. The molecule has 0 fully saturated rings. The normalized spacial score (nSPS) is 11.2. The van der Waals surface area contributed by atoms with E-state index in [1.807, 2.05) is 19.9 Å². The minimum Gasteiger partial charge on any atom is -0.258 e. The summed E-state index contributed by atoms with van der Waals surface area (Å²) in [5, 5.41) is 10.9. The summed E-state index contributed by atoms with van der Waals surface area (Å²) in [5.41, 5.74) is 1.73. The lowest BCUT2D eigenvalue weighted by Gasteiger charge is -2.06. The van der Waals surface area contributed by atoms with E-state index >= 15 is 0 Å². The largest absolute Gasteiger partial charge is 0.273 e. The van der Waals surface area contributed by atoms with Gasteiger partial charge in [-0.05, 0) is 11.5 Å². The van der Waals surface area contributed by atoms with Gasteiger partial charge >= 0.3 is 0 Å². The molecule has 0 aliphatic heterocycles. The minimum absolute atomic E-state index is 0.145. The van der Waals surface area contributed by atoms with Gasteiger partial charge in [0, 0.05) is 17.5 Å². The van der Waals surface area contributed by atoms with Crippen LogP contribution in [0.5, 0.6) is 0 Å². The Balaban J connectivity index is 3.17. The fourth-order valence-electron chi connectivity index (χ4n) is 1.49. The molecule has 1 rings (SSSR count). The van der Waals surface area contributed by atoms with E-state index in [4.69, 9.17) is 11.6 Å². The Morgan fingerprint density at radius 2 is 2.19 bits per heavy atom. The molecule has 86 valence electrons. The maximum atomic E-state index is 10.9. The van der Waals surface area contributed by atoms with Gasteiger partial charge in [-0.3, -0.25) is 10.1 Å². The van der Waals surface area contributed by atoms with Crippen LogP contribution in [0.2, 0.25) is 0 Å². The van der Waals surface area contributed by atoms with Gasteiger partial charge in [-0.15, -0.1) is 11.6 Å². The lowest BCUT2D eigenvalue weighted by atomic mass is 9.99. The molecule has 16 heavy (non-hydrogen) atoms. The first-order valence-corrected chi connectivity index (χ1v) is 5.60. The van der Waals surface area contributed by atoms with Gasteiger partial charge in [0.25, 0.3) is 5.69 Å². The fraction of sp³-hybridized carbons (Fsp3) is 0.333. The van der Waals surface area contributed by atoms with Gasteiger partial charge in [0.05, 0.1) is 4.92 Å². The molecule has 3 nitrogen and oxygen atoms in total. The maximum Gasteiger partial charge on any atom is 0.273 e. The zero-order chi connectivity index (χ0) is 12.1. The van der Waals surface area contributed by atoms with Crippen molar-refractivity contribution >= 4 is 23.4 Å². The summed E-state index contributed by atoms with van der Waals surface area (Å²) in [6, 6.07) is 5.25. The van der Waals surface area contributed by atoms with Crippen molar-refractivity contribution in [2.75, 3.05) is 5.88 Å². The van der Waals surface area contributed by atoms with Gasteiger partial charge in [0.2, 0.25) is 0 Å². The van der Waals surface area contributed by atoms with Crippen LogP contribution in [0.3, 0.4) is 0 Å². The Labute approximate surface area is 99.9 Å². The van der Waals surface area contributed by atoms with E-state index < -0.39 is 0 Å². The first kappa shape index (κ1) is 12.7. The van der Waals surface area contributed by atoms with Gasteiger partial charge in [-0.2, -0.15) is 0 Å². The van der Waals surface area contributed by atoms with Crippen molar-refractivity contribution in [2.24, 2.45) is 0 Å². The maximum absolute atomic E-state index is 10.9. The fourth-order valence-corrected chi connectivity index (χ4v) is 1.58. The average molecular weight is 240 g/mol. The van der Waals surface area contributed by atoms with Gasteiger partial charge in [0.15, 0.2) is 0 Å². The Morgan fingerprint density at radius 3 is 2.69 bits per heavy atom. The predicted octanol–water partition coefficient (Wildman–Crippen LogP) is 3.97. The first-order valence-electron chi connectivity index (χ1n) is 5.07. The van der Waals surface area contributed by atoms with E-state index in [2.05, 4.69) is 0 Å². The highest BCUT2D eigenvalue weighted by Gasteiger charge is 2.16. The third-order valence-electron chi connectivity index (χ3n) is 2.27. The van der Waals surface area contributed by atoms with E-state index in [-0.39, 0.29) is 16.5 Å². The molecule has 1 aromatic rings. The molecule has 0 spiro atoms. The molecule has 0 radical (unpaired) electrons. The van der Waals surface area contributed by atoms with Crippen LogP contribution in [0.1, 0.15) is 30.9 Å². The molecule has 0 heterocycles. The predicted molar refractivity (Wildman–Crippen MR) is 66.9 cm³/mol. The SMILES string of the molecule is CC(C)c1ccc(C=CCCl)cc1[N+](=O)[O-]. The first-order chi connectivity index (χ1) is 7.56. The zero-order valence-electron chi connectivity index (χ0n) is 9.31. The van der Waals surface area contributed by atoms with Crippen molar-refractivity contribution in [1.29, 1.82) is 0 Å². The summed E-state index contributed by atoms with van der Waals surface area (Å²) in [7, 11) is 0. The molecule has 4 heteroatoms. The van der Waals surface area contributed by atoms with Gasteiger partial charge in [0.1, 0.15) is 0 Å². The molecular formula is C12H14ClNO2. The van der Waals surface area contributed by atoms with Crippen molar-refractivity contribution in [3.8, 4) is 0 Å². The van der Waals surface area contributed by atoms with Gasteiger partial charge in [-0.25, -0.2) is 0 Å². The van der Waals surface area contributed by atoms with Gasteiger partial charge < -0.3 is 0 Å². The number of nitro groups is 1.